The summed E-state index contributed by atoms with van der Waals surface area (Å²) in [6, 6.07) is 0. The lowest BCUT2D eigenvalue weighted by atomic mass is 9.74. The summed E-state index contributed by atoms with van der Waals surface area (Å²) in [5, 5.41) is 13.0. The smallest absolute Gasteiger partial charge is 0.205 e. The van der Waals surface area contributed by atoms with Crippen LogP contribution in [0.15, 0.2) is 6.33 Å². The van der Waals surface area contributed by atoms with E-state index in [1.165, 1.54) is 25.6 Å². The molecule has 7 nitrogen and oxygen atoms in total. The molecule has 0 spiro atoms. The molecule has 1 saturated carbocycles. The Morgan fingerprint density at radius 2 is 2.00 bits per heavy atom. The molecule has 0 aromatic carbocycles. The molecule has 0 atom stereocenters. The van der Waals surface area contributed by atoms with Gasteiger partial charge < -0.3 is 20.6 Å². The van der Waals surface area contributed by atoms with Gasteiger partial charge in [-0.15, -0.1) is 0 Å². The lowest BCUT2D eigenvalue weighted by Gasteiger charge is -2.35. The molecule has 0 saturated heterocycles. The molecule has 2 rings (SSSR count). The topological polar surface area (TPSA) is 105 Å². The third-order valence-corrected chi connectivity index (χ3v) is 4.03. The monoisotopic (exact) mass is 281 g/mol. The van der Waals surface area contributed by atoms with Crippen LogP contribution in [0.5, 0.6) is 5.75 Å². The summed E-state index contributed by atoms with van der Waals surface area (Å²) in [4.78, 5) is 8.18. The molecule has 20 heavy (non-hydrogen) atoms. The number of hydrogen-bond donors (Lipinski definition) is 4. The average molecular weight is 281 g/mol. The van der Waals surface area contributed by atoms with Crippen LogP contribution in [0, 0.1) is 5.41 Å². The number of nitrogens with one attached hydrogen (secondary N) is 2. The minimum absolute atomic E-state index is 0.0650. The SMILES string of the molecule is COc1c(NN)ncnc1NCC1(CO)CCCCC1. The Hall–Kier alpha value is -1.60. The van der Waals surface area contributed by atoms with Crippen LogP contribution in [0.25, 0.3) is 0 Å². The number of ether oxygens (including phenoxy) is 1. The van der Waals surface area contributed by atoms with Crippen LogP contribution in [0.2, 0.25) is 0 Å². The first-order valence-corrected chi connectivity index (χ1v) is 6.95. The molecule has 112 valence electrons. The minimum Gasteiger partial charge on any atom is -0.490 e. The van der Waals surface area contributed by atoms with Crippen molar-refractivity contribution in [2.24, 2.45) is 11.3 Å². The van der Waals surface area contributed by atoms with Crippen LogP contribution in [-0.4, -0.2) is 35.3 Å². The number of aliphatic hydroxyl groups is 1. The molecule has 1 fully saturated rings. The lowest BCUT2D eigenvalue weighted by molar-refractivity contribution is 0.0942. The van der Waals surface area contributed by atoms with Gasteiger partial charge in [-0.3, -0.25) is 0 Å². The molecule has 0 radical (unpaired) electrons. The van der Waals surface area contributed by atoms with E-state index in [-0.39, 0.29) is 12.0 Å². The summed E-state index contributed by atoms with van der Waals surface area (Å²) in [6.45, 7) is 0.857. The molecule has 0 aliphatic heterocycles. The molecule has 0 unspecified atom stereocenters. The van der Waals surface area contributed by atoms with E-state index in [2.05, 4.69) is 20.7 Å². The first kappa shape index (κ1) is 14.8. The summed E-state index contributed by atoms with van der Waals surface area (Å²) in [5.41, 5.74) is 2.42. The highest BCUT2D eigenvalue weighted by Gasteiger charge is 2.31. The highest BCUT2D eigenvalue weighted by Crippen LogP contribution is 2.37. The number of hydrogen-bond acceptors (Lipinski definition) is 7. The van der Waals surface area contributed by atoms with Gasteiger partial charge in [-0.05, 0) is 12.8 Å². The molecular weight excluding hydrogens is 258 g/mol. The van der Waals surface area contributed by atoms with Crippen molar-refractivity contribution in [1.29, 1.82) is 0 Å². The van der Waals surface area contributed by atoms with Crippen LogP contribution in [0.3, 0.4) is 0 Å². The van der Waals surface area contributed by atoms with Crippen molar-refractivity contribution in [3.63, 3.8) is 0 Å². The zero-order chi connectivity index (χ0) is 14.4. The zero-order valence-corrected chi connectivity index (χ0v) is 11.9. The maximum atomic E-state index is 9.71. The number of anilines is 2. The van der Waals surface area contributed by atoms with Gasteiger partial charge in [0.1, 0.15) is 6.33 Å². The fraction of sp³-hybridized carbons (Fsp3) is 0.692. The van der Waals surface area contributed by atoms with Crippen molar-refractivity contribution in [2.45, 2.75) is 32.1 Å². The number of nitrogens with two attached hydrogens (primary N) is 1. The zero-order valence-electron chi connectivity index (χ0n) is 11.9. The average Bonchev–Trinajstić information content (AvgIpc) is 2.53. The summed E-state index contributed by atoms with van der Waals surface area (Å²) in [5.74, 6) is 6.91. The molecule has 1 aliphatic carbocycles. The summed E-state index contributed by atoms with van der Waals surface area (Å²) >= 11 is 0. The molecule has 1 aromatic rings. The number of rotatable bonds is 6. The number of hydrazine groups is 1. The third-order valence-electron chi connectivity index (χ3n) is 4.03. The van der Waals surface area contributed by atoms with E-state index in [1.54, 1.807) is 7.11 Å². The molecule has 1 heterocycles. The van der Waals surface area contributed by atoms with Crippen molar-refractivity contribution in [2.75, 3.05) is 31.0 Å². The van der Waals surface area contributed by atoms with Crippen LogP contribution < -0.4 is 21.3 Å². The van der Waals surface area contributed by atoms with Gasteiger partial charge in [0, 0.05) is 12.0 Å². The van der Waals surface area contributed by atoms with E-state index < -0.39 is 0 Å². The van der Waals surface area contributed by atoms with Gasteiger partial charge in [-0.25, -0.2) is 15.8 Å². The predicted molar refractivity (Wildman–Crippen MR) is 77.5 cm³/mol. The van der Waals surface area contributed by atoms with Gasteiger partial charge in [0.2, 0.25) is 5.75 Å². The minimum atomic E-state index is -0.0650. The first-order chi connectivity index (χ1) is 9.74. The van der Waals surface area contributed by atoms with Crippen LogP contribution >= 0.6 is 0 Å². The molecule has 5 N–H and O–H groups in total. The van der Waals surface area contributed by atoms with Crippen LogP contribution in [-0.2, 0) is 0 Å². The van der Waals surface area contributed by atoms with Gasteiger partial charge in [0.15, 0.2) is 11.6 Å². The number of aliphatic hydroxyl groups excluding tert-OH is 1. The maximum absolute atomic E-state index is 9.71. The summed E-state index contributed by atoms with van der Waals surface area (Å²) < 4.78 is 5.28. The Labute approximate surface area is 118 Å². The van der Waals surface area contributed by atoms with E-state index in [0.29, 0.717) is 23.9 Å². The molecule has 0 bridgehead atoms. The highest BCUT2D eigenvalue weighted by atomic mass is 16.5. The van der Waals surface area contributed by atoms with E-state index >= 15 is 0 Å². The Kier molecular flexibility index (Phi) is 4.97. The van der Waals surface area contributed by atoms with Crippen molar-refractivity contribution in [3.05, 3.63) is 6.33 Å². The second-order valence-corrected chi connectivity index (χ2v) is 5.32. The Morgan fingerprint density at radius 1 is 1.30 bits per heavy atom. The van der Waals surface area contributed by atoms with Gasteiger partial charge >= 0.3 is 0 Å². The Bertz CT molecular complexity index is 435. The fourth-order valence-electron chi connectivity index (χ4n) is 2.76. The number of methoxy groups -OCH3 is 1. The second kappa shape index (κ2) is 6.71. The van der Waals surface area contributed by atoms with Gasteiger partial charge in [0.25, 0.3) is 0 Å². The maximum Gasteiger partial charge on any atom is 0.205 e. The van der Waals surface area contributed by atoms with E-state index in [0.717, 1.165) is 12.8 Å². The molecule has 0 amide bonds. The van der Waals surface area contributed by atoms with Crippen molar-refractivity contribution in [3.8, 4) is 5.75 Å². The van der Waals surface area contributed by atoms with E-state index in [1.807, 2.05) is 0 Å². The second-order valence-electron chi connectivity index (χ2n) is 5.32. The van der Waals surface area contributed by atoms with Crippen molar-refractivity contribution < 1.29 is 9.84 Å². The largest absolute Gasteiger partial charge is 0.490 e. The fourth-order valence-corrected chi connectivity index (χ4v) is 2.76. The molecule has 1 aromatic heterocycles. The van der Waals surface area contributed by atoms with E-state index in [9.17, 15) is 5.11 Å². The lowest BCUT2D eigenvalue weighted by Crippen LogP contribution is -2.35. The molecule has 1 aliphatic rings. The predicted octanol–water partition coefficient (Wildman–Crippen LogP) is 1.13. The number of nitrogen functional groups attached to an aromatic ring is 1. The van der Waals surface area contributed by atoms with Gasteiger partial charge in [-0.1, -0.05) is 19.3 Å². The Morgan fingerprint density at radius 3 is 2.60 bits per heavy atom. The standard InChI is InChI=1S/C13H23N5O2/c1-20-10-11(16-9-17-12(10)18-14)15-7-13(8-19)5-3-2-4-6-13/h9,19H,2-8,14H2,1H3,(H2,15,16,17,18). The van der Waals surface area contributed by atoms with Gasteiger partial charge in [-0.2, -0.15) is 0 Å². The number of nitrogens with zero attached hydrogens (tertiary/aromatic N) is 2. The summed E-state index contributed by atoms with van der Waals surface area (Å²) in [6.07, 6.45) is 7.07. The third kappa shape index (κ3) is 3.10. The molecule has 7 heteroatoms. The van der Waals surface area contributed by atoms with E-state index in [4.69, 9.17) is 10.6 Å². The Balaban J connectivity index is 2.09. The van der Waals surface area contributed by atoms with Crippen molar-refractivity contribution >= 4 is 11.6 Å². The normalized spacial score (nSPS) is 17.6. The van der Waals surface area contributed by atoms with Crippen LogP contribution in [0.1, 0.15) is 32.1 Å². The van der Waals surface area contributed by atoms with Crippen molar-refractivity contribution in [1.82, 2.24) is 9.97 Å². The van der Waals surface area contributed by atoms with Crippen LogP contribution in [0.4, 0.5) is 11.6 Å². The highest BCUT2D eigenvalue weighted by molar-refractivity contribution is 5.63. The quantitative estimate of drug-likeness (QED) is 0.457. The molecular formula is C13H23N5O2. The first-order valence-electron chi connectivity index (χ1n) is 6.95. The number of aromatic nitrogens is 2. The summed E-state index contributed by atoms with van der Waals surface area (Å²) in [7, 11) is 1.55. The van der Waals surface area contributed by atoms with Gasteiger partial charge in [0.05, 0.1) is 13.7 Å².